The first-order chi connectivity index (χ1) is 9.22. The van der Waals surface area contributed by atoms with E-state index < -0.39 is 0 Å². The van der Waals surface area contributed by atoms with Crippen LogP contribution in [0.2, 0.25) is 0 Å². The van der Waals surface area contributed by atoms with Crippen molar-refractivity contribution >= 4 is 0 Å². The number of hydrogen-bond acceptors (Lipinski definition) is 0. The minimum atomic E-state index is 0. The van der Waals surface area contributed by atoms with E-state index in [0.29, 0.717) is 0 Å². The van der Waals surface area contributed by atoms with Crippen molar-refractivity contribution in [3.63, 3.8) is 0 Å². The lowest BCUT2D eigenvalue weighted by Gasteiger charge is -1.98. The molecule has 0 fully saturated rings. The molecule has 0 saturated heterocycles. The lowest BCUT2D eigenvalue weighted by atomic mass is 10.1. The SMILES string of the molecule is C.C.CC.CC.CC.CC.CC.CCC(C)CC.[3H]C#C. The van der Waals surface area contributed by atoms with Crippen LogP contribution in [0.15, 0.2) is 0 Å². The number of rotatable bonds is 2. The van der Waals surface area contributed by atoms with Crippen molar-refractivity contribution in [1.82, 2.24) is 0 Å². The Hall–Kier alpha value is -0.440. The molecule has 0 heteroatoms. The topological polar surface area (TPSA) is 0 Å². The van der Waals surface area contributed by atoms with Crippen molar-refractivity contribution < 1.29 is 1.37 Å². The van der Waals surface area contributed by atoms with E-state index in [1.54, 1.807) is 0 Å². The van der Waals surface area contributed by atoms with E-state index >= 15 is 0 Å². The molecule has 0 unspecified atom stereocenters. The van der Waals surface area contributed by atoms with Gasteiger partial charge in [0.2, 0.25) is 0 Å². The van der Waals surface area contributed by atoms with Crippen LogP contribution in [0.1, 0.15) is 119 Å². The zero-order valence-electron chi connectivity index (χ0n) is 17.1. The smallest absolute Gasteiger partial charge is 0.124 e. The van der Waals surface area contributed by atoms with Gasteiger partial charge in [0.25, 0.3) is 0 Å². The molecule has 0 aliphatic carbocycles. The summed E-state index contributed by atoms with van der Waals surface area (Å²) in [6, 6.07) is 0. The highest BCUT2D eigenvalue weighted by Gasteiger charge is 1.88. The Labute approximate surface area is 138 Å². The van der Waals surface area contributed by atoms with Gasteiger partial charge in [0, 0.05) is 0 Å². The Morgan fingerprint density at radius 2 is 0.800 bits per heavy atom. The molecular weight excluding hydrogens is 240 g/mol. The summed E-state index contributed by atoms with van der Waals surface area (Å²) in [6.45, 7) is 26.7. The first-order valence-electron chi connectivity index (χ1n) is 8.60. The molecule has 0 spiro atoms. The summed E-state index contributed by atoms with van der Waals surface area (Å²) in [5.41, 5.74) is 0. The largest absolute Gasteiger partial charge is 0.124 e. The van der Waals surface area contributed by atoms with Crippen LogP contribution in [0.25, 0.3) is 0 Å². The highest BCUT2D eigenvalue weighted by atomic mass is 13.9. The van der Waals surface area contributed by atoms with Crippen LogP contribution < -0.4 is 0 Å². The highest BCUT2D eigenvalue weighted by molar-refractivity contribution is 4.47. The molecule has 0 saturated carbocycles. The third kappa shape index (κ3) is 380. The Kier molecular flexibility index (Phi) is 694. The monoisotopic (exact) mass is 296 g/mol. The van der Waals surface area contributed by atoms with Gasteiger partial charge >= 0.3 is 0 Å². The summed E-state index contributed by atoms with van der Waals surface area (Å²) in [5, 5.41) is 0. The normalized spacial score (nSPS) is 4.95. The van der Waals surface area contributed by atoms with Gasteiger partial charge in [-0.15, -0.1) is 12.8 Å². The number of terminal acetylenes is 1. The Morgan fingerprint density at radius 3 is 0.800 bits per heavy atom. The maximum Gasteiger partial charge on any atom is 0.124 e. The molecule has 0 heterocycles. The van der Waals surface area contributed by atoms with Gasteiger partial charge in [0.15, 0.2) is 0 Å². The van der Waals surface area contributed by atoms with E-state index in [1.807, 2.05) is 69.2 Å². The second-order valence-corrected chi connectivity index (χ2v) is 1.92. The van der Waals surface area contributed by atoms with Crippen molar-refractivity contribution in [2.75, 3.05) is 0 Å². The van der Waals surface area contributed by atoms with Gasteiger partial charge < -0.3 is 0 Å². The van der Waals surface area contributed by atoms with Crippen LogP contribution in [-0.4, -0.2) is 0 Å². The van der Waals surface area contributed by atoms with Gasteiger partial charge in [-0.25, -0.2) is 0 Å². The first-order valence-corrected chi connectivity index (χ1v) is 8.10. The predicted molar refractivity (Wildman–Crippen MR) is 110 cm³/mol. The van der Waals surface area contributed by atoms with Gasteiger partial charge in [0.1, 0.15) is 1.37 Å². The van der Waals surface area contributed by atoms with E-state index in [2.05, 4.69) is 27.2 Å². The second-order valence-electron chi connectivity index (χ2n) is 1.92. The molecule has 0 amide bonds. The summed E-state index contributed by atoms with van der Waals surface area (Å²) in [7, 11) is 0. The molecule has 0 nitrogen and oxygen atoms in total. The zero-order chi connectivity index (χ0) is 17.7. The first kappa shape index (κ1) is 50.4. The van der Waals surface area contributed by atoms with Crippen molar-refractivity contribution in [2.45, 2.75) is 118 Å². The van der Waals surface area contributed by atoms with Gasteiger partial charge in [0.05, 0.1) is 0 Å². The molecule has 0 N–H and O–H groups in total. The standard InChI is InChI=1S/C6H14.5C2H6.C2H2.2CH4/c1-4-6(3)5-2;6*1-2;;/h6H,4-5H2,1-3H3;5*1-2H3;1-2H;2*1H4/i;;;;;;1T;;. The second kappa shape index (κ2) is 275. The molecule has 0 atom stereocenters. The zero-order valence-corrected chi connectivity index (χ0v) is 16.1. The van der Waals surface area contributed by atoms with Crippen LogP contribution in [0, 0.1) is 18.7 Å². The lowest BCUT2D eigenvalue weighted by molar-refractivity contribution is 0.544. The van der Waals surface area contributed by atoms with Crippen molar-refractivity contribution in [1.29, 1.82) is 0 Å². The fraction of sp³-hybridized carbons (Fsp3) is 0.900. The van der Waals surface area contributed by atoms with E-state index in [0.717, 1.165) is 5.92 Å². The van der Waals surface area contributed by atoms with Crippen LogP contribution in [0.5, 0.6) is 0 Å². The third-order valence-electron chi connectivity index (χ3n) is 1.39. The minimum absolute atomic E-state index is 0. The van der Waals surface area contributed by atoms with Gasteiger partial charge in [-0.3, -0.25) is 0 Å². The van der Waals surface area contributed by atoms with Gasteiger partial charge in [-0.05, 0) is 5.92 Å². The van der Waals surface area contributed by atoms with Crippen molar-refractivity contribution in [2.24, 2.45) is 5.92 Å². The molecular formula is C20H54. The molecule has 0 aromatic heterocycles. The highest BCUT2D eigenvalue weighted by Crippen LogP contribution is 2.02. The van der Waals surface area contributed by atoms with Crippen molar-refractivity contribution in [3.8, 4) is 12.8 Å². The molecule has 0 aliphatic heterocycles. The Bertz CT molecular complexity index is 68.4. The number of hydrogen-bond donors (Lipinski definition) is 0. The van der Waals surface area contributed by atoms with Crippen molar-refractivity contribution in [3.05, 3.63) is 0 Å². The molecule has 0 aromatic carbocycles. The summed E-state index contributed by atoms with van der Waals surface area (Å²) in [5.74, 6) is 0.935. The predicted octanol–water partition coefficient (Wildman–Crippen LogP) is 9.10. The minimum Gasteiger partial charge on any atom is -0.124 e. The molecule has 0 rings (SSSR count). The van der Waals surface area contributed by atoms with Gasteiger partial charge in [-0.1, -0.05) is 118 Å². The fourth-order valence-corrected chi connectivity index (χ4v) is 0.289. The molecule has 0 aliphatic rings. The molecule has 0 radical (unpaired) electrons. The summed E-state index contributed by atoms with van der Waals surface area (Å²) in [6.07, 6.45) is 8.42. The Morgan fingerprint density at radius 1 is 0.700 bits per heavy atom. The van der Waals surface area contributed by atoms with E-state index in [1.165, 1.54) is 19.2 Å². The Balaban J connectivity index is -0.0000000121. The lowest BCUT2D eigenvalue weighted by Crippen LogP contribution is -1.85. The maximum absolute atomic E-state index is 5.74. The van der Waals surface area contributed by atoms with E-state index in [-0.39, 0.29) is 14.9 Å². The molecule has 134 valence electrons. The molecule has 0 aromatic rings. The molecule has 0 bridgehead atoms. The summed E-state index contributed by atoms with van der Waals surface area (Å²) in [4.78, 5) is 0. The summed E-state index contributed by atoms with van der Waals surface area (Å²) >= 11 is 0. The van der Waals surface area contributed by atoms with E-state index in [9.17, 15) is 0 Å². The third-order valence-corrected chi connectivity index (χ3v) is 1.39. The quantitative estimate of drug-likeness (QED) is 0.446. The maximum atomic E-state index is 5.74. The summed E-state index contributed by atoms with van der Waals surface area (Å²) < 4.78 is 5.74. The van der Waals surface area contributed by atoms with Crippen LogP contribution in [0.4, 0.5) is 0 Å². The van der Waals surface area contributed by atoms with Crippen LogP contribution in [-0.2, 0) is 0 Å². The average molecular weight is 297 g/mol. The van der Waals surface area contributed by atoms with Gasteiger partial charge in [-0.2, -0.15) is 0 Å². The fourth-order valence-electron chi connectivity index (χ4n) is 0.289. The molecule has 20 heavy (non-hydrogen) atoms. The van der Waals surface area contributed by atoms with Crippen LogP contribution in [0.3, 0.4) is 0 Å². The van der Waals surface area contributed by atoms with Crippen LogP contribution >= 0.6 is 0 Å². The van der Waals surface area contributed by atoms with E-state index in [4.69, 9.17) is 1.37 Å². The average Bonchev–Trinajstić information content (AvgIpc) is 2.57.